The molecule has 0 fully saturated rings. The lowest BCUT2D eigenvalue weighted by Gasteiger charge is -2.35. The Labute approximate surface area is 327 Å². The van der Waals surface area contributed by atoms with E-state index in [9.17, 15) is 9.90 Å². The van der Waals surface area contributed by atoms with E-state index in [-0.39, 0.29) is 18.9 Å². The summed E-state index contributed by atoms with van der Waals surface area (Å²) in [6.07, 6.45) is 42.5. The van der Waals surface area contributed by atoms with Gasteiger partial charge < -0.3 is 23.7 Å². The van der Waals surface area contributed by atoms with Gasteiger partial charge in [-0.15, -0.1) is 10.3 Å². The Morgan fingerprint density at radius 2 is 0.981 bits per heavy atom. The van der Waals surface area contributed by atoms with E-state index in [4.69, 9.17) is 13.7 Å². The molecule has 1 N–H and O–H groups in total. The van der Waals surface area contributed by atoms with Crippen molar-refractivity contribution in [3.63, 3.8) is 0 Å². The maximum atomic E-state index is 12.1. The Balaban J connectivity index is 4.03. The lowest BCUT2D eigenvalue weighted by atomic mass is 10.1. The molecule has 0 aliphatic heterocycles. The van der Waals surface area contributed by atoms with E-state index in [0.717, 1.165) is 64.8 Å². The van der Waals surface area contributed by atoms with Crippen molar-refractivity contribution in [3.05, 3.63) is 0 Å². The van der Waals surface area contributed by atoms with Crippen LogP contribution in [0.5, 0.6) is 0 Å². The van der Waals surface area contributed by atoms with Gasteiger partial charge in [0.1, 0.15) is 0 Å². The summed E-state index contributed by atoms with van der Waals surface area (Å²) in [6, 6.07) is 0. The van der Waals surface area contributed by atoms with Crippen LogP contribution in [-0.2, 0) is 18.5 Å². The van der Waals surface area contributed by atoms with E-state index in [1.165, 1.54) is 160 Å². The van der Waals surface area contributed by atoms with Gasteiger partial charge in [0.05, 0.1) is 13.2 Å². The van der Waals surface area contributed by atoms with Crippen LogP contribution in [0.15, 0.2) is 0 Å². The molecule has 1 unspecified atom stereocenters. The fraction of sp³-hybridized carbons (Fsp3) is 0.978. The number of hydrogen-bond acceptors (Lipinski definition) is 6. The molecule has 314 valence electrons. The van der Waals surface area contributed by atoms with Crippen LogP contribution in [0.4, 0.5) is 0 Å². The highest BCUT2D eigenvalue weighted by atomic mass is 32.3. The number of carbonyl (C=O) groups excluding carboxylic acids is 1. The highest BCUT2D eigenvalue weighted by Gasteiger charge is 2.20. The lowest BCUT2D eigenvalue weighted by Crippen LogP contribution is -2.29. The topological polar surface area (TPSA) is 68.2 Å². The molecular formula is C45H93NO5S. The standard InChI is InChI=1S/C45H93NO5S/c1-6-9-12-15-17-18-22-26-32-41-49-44(48)35-28-27-31-38-46(39-40-47)37-30-24-21-19-20-23-29-36-45(50-42-33-25-16-13-10-7-2)51-52(4,5)43-34-14-11-8-3/h45,47H,6-43H2,1-5H3. The number of aliphatic hydroxyl groups is 1. The number of esters is 1. The van der Waals surface area contributed by atoms with Crippen LogP contribution in [0.2, 0.25) is 0 Å². The Morgan fingerprint density at radius 3 is 1.52 bits per heavy atom. The maximum absolute atomic E-state index is 12.1. The van der Waals surface area contributed by atoms with Crippen molar-refractivity contribution >= 4 is 16.3 Å². The highest BCUT2D eigenvalue weighted by Crippen LogP contribution is 2.44. The fourth-order valence-corrected chi connectivity index (χ4v) is 8.66. The van der Waals surface area contributed by atoms with E-state index in [0.29, 0.717) is 13.0 Å². The van der Waals surface area contributed by atoms with E-state index >= 15 is 0 Å². The number of carbonyl (C=O) groups is 1. The summed E-state index contributed by atoms with van der Waals surface area (Å²) < 4.78 is 18.5. The van der Waals surface area contributed by atoms with Gasteiger partial charge in [0.15, 0.2) is 6.29 Å². The number of rotatable bonds is 43. The molecule has 0 aliphatic carbocycles. The highest BCUT2D eigenvalue weighted by molar-refractivity contribution is 8.28. The van der Waals surface area contributed by atoms with Crippen molar-refractivity contribution in [2.24, 2.45) is 0 Å². The van der Waals surface area contributed by atoms with Crippen molar-refractivity contribution < 1.29 is 23.6 Å². The molecule has 0 aliphatic rings. The third-order valence-electron chi connectivity index (χ3n) is 10.4. The molecule has 1 atom stereocenters. The first-order valence-corrected chi connectivity index (χ1v) is 25.4. The summed E-state index contributed by atoms with van der Waals surface area (Å²) in [5.41, 5.74) is 0. The van der Waals surface area contributed by atoms with Crippen LogP contribution in [0, 0.1) is 0 Å². The third kappa shape index (κ3) is 38.0. The molecule has 7 heteroatoms. The molecule has 0 radical (unpaired) electrons. The average Bonchev–Trinajstić information content (AvgIpc) is 3.12. The van der Waals surface area contributed by atoms with Gasteiger partial charge in [-0.1, -0.05) is 162 Å². The minimum absolute atomic E-state index is 0.0325. The molecular weight excluding hydrogens is 667 g/mol. The van der Waals surface area contributed by atoms with Crippen LogP contribution in [0.1, 0.15) is 220 Å². The van der Waals surface area contributed by atoms with Gasteiger partial charge in [0, 0.05) is 19.6 Å². The van der Waals surface area contributed by atoms with Crippen LogP contribution in [0.25, 0.3) is 0 Å². The van der Waals surface area contributed by atoms with Gasteiger partial charge in [-0.2, -0.15) is 0 Å². The molecule has 0 spiro atoms. The summed E-state index contributed by atoms with van der Waals surface area (Å²) >= 11 is 0. The second kappa shape index (κ2) is 40.3. The molecule has 52 heavy (non-hydrogen) atoms. The van der Waals surface area contributed by atoms with Crippen molar-refractivity contribution in [2.75, 3.05) is 57.7 Å². The van der Waals surface area contributed by atoms with Crippen LogP contribution in [0.3, 0.4) is 0 Å². The normalized spacial score (nSPS) is 12.9. The summed E-state index contributed by atoms with van der Waals surface area (Å²) in [5.74, 6) is 1.16. The predicted octanol–water partition coefficient (Wildman–Crippen LogP) is 13.3. The van der Waals surface area contributed by atoms with Crippen LogP contribution in [-0.4, -0.2) is 80.0 Å². The summed E-state index contributed by atoms with van der Waals surface area (Å²) in [7, 11) is -1.07. The SMILES string of the molecule is CCCCCCCCCCCOC(=O)CCCCCN(CCO)CCCCCCCCCC(OCCCCCCCC)OS(C)(C)CCCCCC. The maximum Gasteiger partial charge on any atom is 0.305 e. The summed E-state index contributed by atoms with van der Waals surface area (Å²) in [4.78, 5) is 14.5. The largest absolute Gasteiger partial charge is 0.466 e. The zero-order valence-electron chi connectivity index (χ0n) is 35.9. The predicted molar refractivity (Wildman–Crippen MR) is 230 cm³/mol. The van der Waals surface area contributed by atoms with Gasteiger partial charge in [-0.05, 0) is 82.7 Å². The first-order valence-electron chi connectivity index (χ1n) is 22.9. The zero-order chi connectivity index (χ0) is 38.2. The molecule has 0 saturated heterocycles. The lowest BCUT2D eigenvalue weighted by molar-refractivity contribution is -0.143. The number of aliphatic hydroxyl groups excluding tert-OH is 1. The van der Waals surface area contributed by atoms with E-state index in [1.807, 2.05) is 0 Å². The molecule has 0 aromatic heterocycles. The van der Waals surface area contributed by atoms with Crippen molar-refractivity contribution in [3.8, 4) is 0 Å². The van der Waals surface area contributed by atoms with Crippen LogP contribution < -0.4 is 0 Å². The molecule has 0 amide bonds. The Morgan fingerprint density at radius 1 is 0.538 bits per heavy atom. The number of hydrogen-bond donors (Lipinski definition) is 1. The summed E-state index contributed by atoms with van der Waals surface area (Å²) in [6.45, 7) is 11.3. The van der Waals surface area contributed by atoms with E-state index in [2.05, 4.69) is 38.2 Å². The number of unbranched alkanes of at least 4 members (excludes halogenated alkanes) is 24. The third-order valence-corrected chi connectivity index (χ3v) is 12.4. The minimum Gasteiger partial charge on any atom is -0.466 e. The quantitative estimate of drug-likeness (QED) is 0.0379. The van der Waals surface area contributed by atoms with Crippen LogP contribution >= 0.6 is 10.3 Å². The molecule has 0 bridgehead atoms. The molecule has 0 rings (SSSR count). The van der Waals surface area contributed by atoms with Gasteiger partial charge in [-0.3, -0.25) is 4.79 Å². The van der Waals surface area contributed by atoms with Crippen molar-refractivity contribution in [1.82, 2.24) is 4.90 Å². The van der Waals surface area contributed by atoms with Gasteiger partial charge >= 0.3 is 5.97 Å². The van der Waals surface area contributed by atoms with Crippen molar-refractivity contribution in [1.29, 1.82) is 0 Å². The second-order valence-corrected chi connectivity index (χ2v) is 19.5. The fourth-order valence-electron chi connectivity index (χ4n) is 6.93. The average molecular weight is 760 g/mol. The second-order valence-electron chi connectivity index (χ2n) is 16.1. The van der Waals surface area contributed by atoms with Gasteiger partial charge in [0.2, 0.25) is 0 Å². The Hall–Kier alpha value is -0.340. The van der Waals surface area contributed by atoms with E-state index in [1.54, 1.807) is 0 Å². The molecule has 0 aromatic rings. The smallest absolute Gasteiger partial charge is 0.305 e. The minimum atomic E-state index is -1.07. The van der Waals surface area contributed by atoms with E-state index < -0.39 is 10.3 Å². The van der Waals surface area contributed by atoms with Gasteiger partial charge in [-0.25, -0.2) is 0 Å². The van der Waals surface area contributed by atoms with Crippen molar-refractivity contribution in [2.45, 2.75) is 226 Å². The Bertz CT molecular complexity index is 724. The number of nitrogens with zero attached hydrogens (tertiary/aromatic N) is 1. The Kier molecular flexibility index (Phi) is 40.1. The first-order chi connectivity index (χ1) is 25.4. The monoisotopic (exact) mass is 760 g/mol. The number of ether oxygens (including phenoxy) is 2. The zero-order valence-corrected chi connectivity index (χ0v) is 36.7. The molecule has 6 nitrogen and oxygen atoms in total. The van der Waals surface area contributed by atoms with Gasteiger partial charge in [0.25, 0.3) is 0 Å². The molecule has 0 heterocycles. The molecule has 0 aromatic carbocycles. The molecule has 0 saturated carbocycles. The first kappa shape index (κ1) is 51.7. The summed E-state index contributed by atoms with van der Waals surface area (Å²) in [5, 5.41) is 9.57.